The van der Waals surface area contributed by atoms with Gasteiger partial charge in [-0.15, -0.1) is 11.3 Å². The highest BCUT2D eigenvalue weighted by atomic mass is 35.5. The van der Waals surface area contributed by atoms with Crippen molar-refractivity contribution in [1.29, 1.82) is 0 Å². The number of hydrogen-bond acceptors (Lipinski definition) is 10. The first-order chi connectivity index (χ1) is 25.2. The molecule has 2 aliphatic heterocycles. The van der Waals surface area contributed by atoms with Crippen LogP contribution in [0.2, 0.25) is 5.02 Å². The van der Waals surface area contributed by atoms with E-state index < -0.39 is 50.3 Å². The molecule has 3 N–H and O–H groups in total. The van der Waals surface area contributed by atoms with Gasteiger partial charge in [0, 0.05) is 35.7 Å². The SMILES string of the molecule is COc1ccc2c(OC3CC4C(=O)NC5(C(=O)NS(=O)(=O)C6(C)CC6)CC5/C=C/CCCCCNC(=O)N4C3)cc(-c3nc(C(C)C)cs3)nc2c1Cl. The molecule has 13 nitrogen and oxygen atoms in total. The largest absolute Gasteiger partial charge is 0.495 e. The Morgan fingerprint density at radius 3 is 2.66 bits per heavy atom. The van der Waals surface area contributed by atoms with Gasteiger partial charge in [-0.25, -0.2) is 23.2 Å². The smallest absolute Gasteiger partial charge is 0.318 e. The van der Waals surface area contributed by atoms with Crippen molar-refractivity contribution in [3.8, 4) is 22.2 Å². The lowest BCUT2D eigenvalue weighted by molar-refractivity contribution is -0.131. The summed E-state index contributed by atoms with van der Waals surface area (Å²) in [6, 6.07) is 3.91. The molecule has 284 valence electrons. The first-order valence-corrected chi connectivity index (χ1v) is 20.9. The molecule has 53 heavy (non-hydrogen) atoms. The van der Waals surface area contributed by atoms with Gasteiger partial charge in [-0.2, -0.15) is 0 Å². The predicted octanol–water partition coefficient (Wildman–Crippen LogP) is 5.68. The minimum absolute atomic E-state index is 0.0803. The van der Waals surface area contributed by atoms with Gasteiger partial charge in [0.1, 0.15) is 44.9 Å². The van der Waals surface area contributed by atoms with Crippen molar-refractivity contribution in [2.45, 2.75) is 100 Å². The highest BCUT2D eigenvalue weighted by Gasteiger charge is 2.63. The fourth-order valence-corrected chi connectivity index (χ4v) is 9.50. The molecule has 7 rings (SSSR count). The van der Waals surface area contributed by atoms with E-state index in [1.165, 1.54) is 23.3 Å². The van der Waals surface area contributed by atoms with Crippen molar-refractivity contribution in [2.75, 3.05) is 20.2 Å². The molecule has 1 aromatic carbocycles. The number of halogens is 1. The van der Waals surface area contributed by atoms with Crippen LogP contribution in [0.5, 0.6) is 11.5 Å². The Balaban J connectivity index is 1.20. The number of rotatable bonds is 8. The van der Waals surface area contributed by atoms with Crippen molar-refractivity contribution in [3.05, 3.63) is 46.4 Å². The van der Waals surface area contributed by atoms with Gasteiger partial charge in [0.25, 0.3) is 5.91 Å². The van der Waals surface area contributed by atoms with E-state index in [4.69, 9.17) is 31.0 Å². The monoisotopic (exact) mass is 784 g/mol. The van der Waals surface area contributed by atoms with E-state index in [-0.39, 0.29) is 31.2 Å². The third-order valence-corrected chi connectivity index (χ3v) is 14.2. The van der Waals surface area contributed by atoms with E-state index in [1.807, 2.05) is 17.5 Å². The summed E-state index contributed by atoms with van der Waals surface area (Å²) in [5.41, 5.74) is 0.488. The van der Waals surface area contributed by atoms with Crippen LogP contribution in [0.15, 0.2) is 35.7 Å². The number of thiazole rings is 1. The summed E-state index contributed by atoms with van der Waals surface area (Å²) >= 11 is 8.25. The van der Waals surface area contributed by atoms with Crippen LogP contribution in [0.3, 0.4) is 0 Å². The van der Waals surface area contributed by atoms with Gasteiger partial charge in [-0.05, 0) is 63.5 Å². The summed E-state index contributed by atoms with van der Waals surface area (Å²) < 4.78 is 39.6. The molecule has 1 saturated heterocycles. The van der Waals surface area contributed by atoms with Gasteiger partial charge < -0.3 is 25.0 Å². The van der Waals surface area contributed by atoms with Crippen LogP contribution < -0.4 is 24.8 Å². The molecule has 4 amide bonds. The summed E-state index contributed by atoms with van der Waals surface area (Å²) in [5, 5.41) is 9.47. The summed E-state index contributed by atoms with van der Waals surface area (Å²) in [6.07, 6.45) is 7.83. The Hall–Kier alpha value is -3.95. The zero-order valence-electron chi connectivity index (χ0n) is 30.2. The maximum absolute atomic E-state index is 14.2. The van der Waals surface area contributed by atoms with Crippen LogP contribution in [0.1, 0.15) is 83.7 Å². The number of sulfonamides is 1. The second-order valence-corrected chi connectivity index (χ2v) is 18.5. The number of benzene rings is 1. The second kappa shape index (κ2) is 14.4. The number of fused-ring (bicyclic) bond motifs is 3. The number of nitrogens with zero attached hydrogens (tertiary/aromatic N) is 3. The van der Waals surface area contributed by atoms with E-state index in [9.17, 15) is 22.8 Å². The van der Waals surface area contributed by atoms with Crippen molar-refractivity contribution >= 4 is 61.7 Å². The van der Waals surface area contributed by atoms with E-state index in [1.54, 1.807) is 25.1 Å². The molecule has 0 spiro atoms. The topological polar surface area (TPSA) is 169 Å². The van der Waals surface area contributed by atoms with Crippen LogP contribution in [0.4, 0.5) is 4.79 Å². The third-order valence-electron chi connectivity index (χ3n) is 10.8. The quantitative estimate of drug-likeness (QED) is 0.244. The number of urea groups is 1. The maximum Gasteiger partial charge on any atom is 0.318 e. The summed E-state index contributed by atoms with van der Waals surface area (Å²) in [7, 11) is -2.42. The highest BCUT2D eigenvalue weighted by molar-refractivity contribution is 7.91. The number of allylic oxidation sites excluding steroid dienone is 1. The van der Waals surface area contributed by atoms with E-state index in [0.717, 1.165) is 31.4 Å². The minimum atomic E-state index is -3.95. The highest BCUT2D eigenvalue weighted by Crippen LogP contribution is 2.48. The molecule has 0 radical (unpaired) electrons. The summed E-state index contributed by atoms with van der Waals surface area (Å²) in [5.74, 6) is -0.585. The zero-order valence-corrected chi connectivity index (χ0v) is 32.6. The van der Waals surface area contributed by atoms with Crippen LogP contribution in [-0.2, 0) is 19.6 Å². The number of pyridine rings is 1. The Kier molecular flexibility index (Phi) is 10.1. The number of carbonyl (C=O) groups excluding carboxylic acids is 3. The van der Waals surface area contributed by atoms with Gasteiger partial charge in [0.15, 0.2) is 0 Å². The van der Waals surface area contributed by atoms with E-state index >= 15 is 0 Å². The molecule has 3 fully saturated rings. The number of nitrogens with one attached hydrogen (secondary N) is 3. The number of aromatic nitrogens is 2. The predicted molar refractivity (Wildman–Crippen MR) is 203 cm³/mol. The molecule has 4 heterocycles. The van der Waals surface area contributed by atoms with Crippen molar-refractivity contribution in [3.63, 3.8) is 0 Å². The average molecular weight is 785 g/mol. The Bertz CT molecular complexity index is 2080. The fraction of sp³-hybridized carbons (Fsp3) is 0.541. The molecule has 16 heteroatoms. The van der Waals surface area contributed by atoms with Crippen LogP contribution in [-0.4, -0.2) is 83.8 Å². The fourth-order valence-electron chi connectivity index (χ4n) is 6.97. The van der Waals surface area contributed by atoms with Gasteiger partial charge in [-0.3, -0.25) is 14.3 Å². The standard InChI is InChI=1S/C37H45ClN6O7S2/c1-21(2)26-20-52-33(41-26)25-17-29(24-11-12-28(50-4)30(38)31(24)40-25)51-23-16-27-32(45)42-37(34(46)43-53(48,49)36(3)13-14-36)18-22(37)10-8-6-5-7-9-15-39-35(47)44(27)19-23/h8,10-12,17,20-23,27H,5-7,9,13-16,18-19H2,1-4H3,(H,39,47)(H,42,45)(H,43,46)/b10-8+. The molecule has 2 aliphatic carbocycles. The number of methoxy groups -OCH3 is 1. The second-order valence-electron chi connectivity index (χ2n) is 15.0. The molecule has 4 atom stereocenters. The Morgan fingerprint density at radius 2 is 1.94 bits per heavy atom. The van der Waals surface area contributed by atoms with Crippen LogP contribution in [0.25, 0.3) is 21.6 Å². The van der Waals surface area contributed by atoms with Gasteiger partial charge >= 0.3 is 6.03 Å². The average Bonchev–Trinajstić information content (AvgIpc) is 3.89. The number of amides is 4. The lowest BCUT2D eigenvalue weighted by Gasteiger charge is -2.27. The minimum Gasteiger partial charge on any atom is -0.495 e. The number of hydrogen-bond donors (Lipinski definition) is 3. The molecule has 2 aromatic heterocycles. The zero-order chi connectivity index (χ0) is 37.7. The molecule has 4 aliphatic rings. The molecule has 0 bridgehead atoms. The summed E-state index contributed by atoms with van der Waals surface area (Å²) in [4.78, 5) is 52.7. The number of carbonyl (C=O) groups is 3. The van der Waals surface area contributed by atoms with Crippen LogP contribution in [0, 0.1) is 5.92 Å². The third kappa shape index (κ3) is 7.31. The van der Waals surface area contributed by atoms with E-state index in [2.05, 4.69) is 29.2 Å². The molecular weight excluding hydrogens is 740 g/mol. The lowest BCUT2D eigenvalue weighted by atomic mass is 10.1. The van der Waals surface area contributed by atoms with E-state index in [0.29, 0.717) is 57.5 Å². The first-order valence-electron chi connectivity index (χ1n) is 18.1. The van der Waals surface area contributed by atoms with Gasteiger partial charge in [-0.1, -0.05) is 44.0 Å². The molecule has 4 unspecified atom stereocenters. The Morgan fingerprint density at radius 1 is 1.15 bits per heavy atom. The van der Waals surface area contributed by atoms with Gasteiger partial charge in [0.2, 0.25) is 15.9 Å². The van der Waals surface area contributed by atoms with Crippen LogP contribution >= 0.6 is 22.9 Å². The Labute approximate surface area is 318 Å². The van der Waals surface area contributed by atoms with Gasteiger partial charge in [0.05, 0.1) is 29.6 Å². The normalized spacial score (nSPS) is 26.4. The molecule has 3 aromatic rings. The summed E-state index contributed by atoms with van der Waals surface area (Å²) in [6.45, 7) is 6.26. The van der Waals surface area contributed by atoms with Crippen molar-refractivity contribution in [1.82, 2.24) is 30.2 Å². The maximum atomic E-state index is 14.2. The lowest BCUT2D eigenvalue weighted by Crippen LogP contribution is -2.57. The van der Waals surface area contributed by atoms with Crippen molar-refractivity contribution < 1.29 is 32.3 Å². The first kappa shape index (κ1) is 37.4. The molecular formula is C37H45ClN6O7S2. The van der Waals surface area contributed by atoms with Crippen molar-refractivity contribution in [2.24, 2.45) is 5.92 Å². The number of ether oxygens (including phenoxy) is 2. The molecule has 2 saturated carbocycles.